The number of anilines is 1. The number of hydrogen-bond donors (Lipinski definition) is 2. The molecule has 0 radical (unpaired) electrons. The van der Waals surface area contributed by atoms with E-state index >= 15 is 0 Å². The maximum Gasteiger partial charge on any atom is 0.232 e. The van der Waals surface area contributed by atoms with E-state index in [-0.39, 0.29) is 0 Å². The average Bonchev–Trinajstić information content (AvgIpc) is 3.43. The molecule has 2 aliphatic heterocycles. The molecule has 0 unspecified atom stereocenters. The molecule has 0 atom stereocenters. The van der Waals surface area contributed by atoms with Crippen LogP contribution in [0.1, 0.15) is 31.2 Å². The lowest BCUT2D eigenvalue weighted by Crippen LogP contribution is -2.30. The summed E-state index contributed by atoms with van der Waals surface area (Å²) in [5.41, 5.74) is 12.0. The number of rotatable bonds is 7. The van der Waals surface area contributed by atoms with E-state index in [2.05, 4.69) is 58.7 Å². The van der Waals surface area contributed by atoms with E-state index in [9.17, 15) is 0 Å². The van der Waals surface area contributed by atoms with Crippen molar-refractivity contribution < 1.29 is 4.74 Å². The van der Waals surface area contributed by atoms with Gasteiger partial charge in [0.15, 0.2) is 0 Å². The van der Waals surface area contributed by atoms with Crippen LogP contribution in [0.15, 0.2) is 54.7 Å². The minimum atomic E-state index is 0.528. The molecule has 5 rings (SSSR count). The summed E-state index contributed by atoms with van der Waals surface area (Å²) in [6, 6.07) is 17.0. The molecule has 2 fully saturated rings. The lowest BCUT2D eigenvalue weighted by atomic mass is 9.99. The zero-order chi connectivity index (χ0) is 22.5. The minimum absolute atomic E-state index is 0.528. The van der Waals surface area contributed by atoms with E-state index in [0.29, 0.717) is 24.9 Å². The summed E-state index contributed by atoms with van der Waals surface area (Å²) in [7, 11) is 0. The first-order chi connectivity index (χ1) is 16.3. The van der Waals surface area contributed by atoms with E-state index in [4.69, 9.17) is 20.4 Å². The second kappa shape index (κ2) is 10.3. The first-order valence-corrected chi connectivity index (χ1v) is 12.2. The molecular formula is C27H33N5O. The molecule has 0 amide bonds. The fourth-order valence-corrected chi connectivity index (χ4v) is 4.71. The summed E-state index contributed by atoms with van der Waals surface area (Å²) in [5, 5.41) is 3.41. The SMILES string of the molecule is NCc1ccc(-c2ncc(OCC3CCNCC3)nc2-c2ccc(N3CCCC3)cc2)cc1. The van der Waals surface area contributed by atoms with Gasteiger partial charge in [0, 0.05) is 36.4 Å². The minimum Gasteiger partial charge on any atom is -0.476 e. The van der Waals surface area contributed by atoms with Crippen LogP contribution in [-0.2, 0) is 6.54 Å². The van der Waals surface area contributed by atoms with E-state index in [0.717, 1.165) is 67.1 Å². The van der Waals surface area contributed by atoms with Gasteiger partial charge in [-0.05, 0) is 62.4 Å². The van der Waals surface area contributed by atoms with Gasteiger partial charge in [-0.25, -0.2) is 9.97 Å². The van der Waals surface area contributed by atoms with Crippen molar-refractivity contribution in [2.24, 2.45) is 11.7 Å². The number of nitrogens with two attached hydrogens (primary N) is 1. The Morgan fingerprint density at radius 3 is 2.27 bits per heavy atom. The van der Waals surface area contributed by atoms with E-state index in [1.54, 1.807) is 6.20 Å². The molecular weight excluding hydrogens is 410 g/mol. The molecule has 2 saturated heterocycles. The summed E-state index contributed by atoms with van der Waals surface area (Å²) < 4.78 is 6.11. The molecule has 2 aromatic carbocycles. The number of piperidine rings is 1. The molecule has 2 aliphatic rings. The van der Waals surface area contributed by atoms with Gasteiger partial charge in [-0.3, -0.25) is 0 Å². The van der Waals surface area contributed by atoms with Crippen LogP contribution in [0.5, 0.6) is 5.88 Å². The third kappa shape index (κ3) is 5.18. The van der Waals surface area contributed by atoms with E-state index < -0.39 is 0 Å². The molecule has 6 nitrogen and oxygen atoms in total. The van der Waals surface area contributed by atoms with Crippen molar-refractivity contribution in [2.75, 3.05) is 37.7 Å². The smallest absolute Gasteiger partial charge is 0.232 e. The van der Waals surface area contributed by atoms with Crippen LogP contribution in [0.2, 0.25) is 0 Å². The van der Waals surface area contributed by atoms with Gasteiger partial charge in [0.05, 0.1) is 18.5 Å². The Morgan fingerprint density at radius 2 is 1.58 bits per heavy atom. The van der Waals surface area contributed by atoms with Crippen LogP contribution in [-0.4, -0.2) is 42.8 Å². The normalized spacial score (nSPS) is 16.8. The van der Waals surface area contributed by atoms with Crippen LogP contribution in [0.25, 0.3) is 22.5 Å². The molecule has 172 valence electrons. The quantitative estimate of drug-likeness (QED) is 0.569. The van der Waals surface area contributed by atoms with Crippen LogP contribution in [0, 0.1) is 5.92 Å². The monoisotopic (exact) mass is 443 g/mol. The van der Waals surface area contributed by atoms with Crippen molar-refractivity contribution in [3.05, 3.63) is 60.3 Å². The Kier molecular flexibility index (Phi) is 6.84. The third-order valence-corrected chi connectivity index (χ3v) is 6.75. The lowest BCUT2D eigenvalue weighted by Gasteiger charge is -2.22. The van der Waals surface area contributed by atoms with Crippen molar-refractivity contribution in [3.63, 3.8) is 0 Å². The van der Waals surface area contributed by atoms with Crippen molar-refractivity contribution in [3.8, 4) is 28.4 Å². The lowest BCUT2D eigenvalue weighted by molar-refractivity contribution is 0.208. The summed E-state index contributed by atoms with van der Waals surface area (Å²) in [6.07, 6.45) is 6.59. The second-order valence-electron chi connectivity index (χ2n) is 9.05. The number of nitrogens with one attached hydrogen (secondary N) is 1. The molecule has 33 heavy (non-hydrogen) atoms. The van der Waals surface area contributed by atoms with Gasteiger partial charge in [0.25, 0.3) is 0 Å². The van der Waals surface area contributed by atoms with Gasteiger partial charge < -0.3 is 20.7 Å². The Morgan fingerprint density at radius 1 is 0.909 bits per heavy atom. The molecule has 1 aromatic heterocycles. The molecule has 3 aromatic rings. The fourth-order valence-electron chi connectivity index (χ4n) is 4.71. The number of aromatic nitrogens is 2. The Labute approximate surface area is 196 Å². The molecule has 0 aliphatic carbocycles. The highest BCUT2D eigenvalue weighted by Crippen LogP contribution is 2.32. The standard InChI is InChI=1S/C27H33N5O/c28-17-20-3-5-22(6-4-20)26-27(23-7-9-24(10-8-23)32-15-1-2-16-32)31-25(18-30-26)33-19-21-11-13-29-14-12-21/h3-10,18,21,29H,1-2,11-17,19,28H2. The zero-order valence-electron chi connectivity index (χ0n) is 19.2. The molecule has 0 spiro atoms. The van der Waals surface area contributed by atoms with Gasteiger partial charge in [-0.1, -0.05) is 36.4 Å². The highest BCUT2D eigenvalue weighted by atomic mass is 16.5. The molecule has 0 saturated carbocycles. The number of ether oxygens (including phenoxy) is 1. The predicted molar refractivity (Wildman–Crippen MR) is 133 cm³/mol. The topological polar surface area (TPSA) is 76.3 Å². The summed E-state index contributed by atoms with van der Waals surface area (Å²) >= 11 is 0. The highest BCUT2D eigenvalue weighted by Gasteiger charge is 2.17. The van der Waals surface area contributed by atoms with Gasteiger partial charge in [0.1, 0.15) is 5.69 Å². The van der Waals surface area contributed by atoms with Crippen LogP contribution in [0.3, 0.4) is 0 Å². The molecule has 3 heterocycles. The number of hydrogen-bond acceptors (Lipinski definition) is 6. The van der Waals surface area contributed by atoms with Crippen molar-refractivity contribution in [2.45, 2.75) is 32.2 Å². The number of nitrogens with zero attached hydrogens (tertiary/aromatic N) is 3. The van der Waals surface area contributed by atoms with Crippen molar-refractivity contribution >= 4 is 5.69 Å². The van der Waals surface area contributed by atoms with Crippen molar-refractivity contribution in [1.82, 2.24) is 15.3 Å². The Hall–Kier alpha value is -2.96. The second-order valence-corrected chi connectivity index (χ2v) is 9.05. The van der Waals surface area contributed by atoms with Gasteiger partial charge in [0.2, 0.25) is 5.88 Å². The van der Waals surface area contributed by atoms with Gasteiger partial charge in [-0.15, -0.1) is 0 Å². The van der Waals surface area contributed by atoms with Crippen LogP contribution < -0.4 is 20.7 Å². The largest absolute Gasteiger partial charge is 0.476 e. The maximum absolute atomic E-state index is 6.11. The summed E-state index contributed by atoms with van der Waals surface area (Å²) in [5.74, 6) is 1.16. The first kappa shape index (κ1) is 21.9. The molecule has 3 N–H and O–H groups in total. The Bertz CT molecular complexity index is 1040. The fraction of sp³-hybridized carbons (Fsp3) is 0.407. The predicted octanol–water partition coefficient (Wildman–Crippen LogP) is 4.25. The maximum atomic E-state index is 6.11. The zero-order valence-corrected chi connectivity index (χ0v) is 19.2. The van der Waals surface area contributed by atoms with E-state index in [1.165, 1.54) is 18.5 Å². The van der Waals surface area contributed by atoms with Crippen LogP contribution in [0.4, 0.5) is 5.69 Å². The molecule has 0 bridgehead atoms. The van der Waals surface area contributed by atoms with Gasteiger partial charge >= 0.3 is 0 Å². The van der Waals surface area contributed by atoms with Crippen LogP contribution >= 0.6 is 0 Å². The summed E-state index contributed by atoms with van der Waals surface area (Å²) in [6.45, 7) is 5.61. The molecule has 6 heteroatoms. The average molecular weight is 444 g/mol. The van der Waals surface area contributed by atoms with Gasteiger partial charge in [-0.2, -0.15) is 0 Å². The van der Waals surface area contributed by atoms with E-state index in [1.807, 2.05) is 0 Å². The van der Waals surface area contributed by atoms with Crippen molar-refractivity contribution in [1.29, 1.82) is 0 Å². The first-order valence-electron chi connectivity index (χ1n) is 12.2. The number of benzene rings is 2. The Balaban J connectivity index is 1.44. The third-order valence-electron chi connectivity index (χ3n) is 6.75. The summed E-state index contributed by atoms with van der Waals surface area (Å²) in [4.78, 5) is 12.2. The highest BCUT2D eigenvalue weighted by molar-refractivity contribution is 5.79.